The molecule has 5 nitrogen and oxygen atoms in total. The number of nitrogens with zero attached hydrogens (tertiary/aromatic N) is 1. The molecule has 0 aromatic heterocycles. The smallest absolute Gasteiger partial charge is 0.348 e. The molecule has 1 atom stereocenters. The zero-order chi connectivity index (χ0) is 17.4. The van der Waals surface area contributed by atoms with E-state index < -0.39 is 12.1 Å². The molecule has 0 spiro atoms. The van der Waals surface area contributed by atoms with E-state index >= 15 is 0 Å². The van der Waals surface area contributed by atoms with Gasteiger partial charge in [0.2, 0.25) is 6.10 Å². The summed E-state index contributed by atoms with van der Waals surface area (Å²) in [5, 5.41) is 0. The summed E-state index contributed by atoms with van der Waals surface area (Å²) in [4.78, 5) is 26.7. The van der Waals surface area contributed by atoms with E-state index in [9.17, 15) is 9.59 Å². The summed E-state index contributed by atoms with van der Waals surface area (Å²) in [6.07, 6.45) is 2.41. The molecule has 1 heterocycles. The molecule has 0 saturated carbocycles. The number of esters is 1. The molecular weight excluding hydrogens is 318 g/mol. The third-order valence-electron chi connectivity index (χ3n) is 4.83. The highest BCUT2D eigenvalue weighted by Crippen LogP contribution is 2.34. The summed E-state index contributed by atoms with van der Waals surface area (Å²) in [5.41, 5.74) is 3.89. The highest BCUT2D eigenvalue weighted by molar-refractivity contribution is 6.08. The van der Waals surface area contributed by atoms with Crippen LogP contribution in [0.5, 0.6) is 5.75 Å². The van der Waals surface area contributed by atoms with E-state index in [1.54, 1.807) is 11.0 Å². The van der Waals surface area contributed by atoms with Crippen molar-refractivity contribution in [1.82, 2.24) is 0 Å². The first-order valence-electron chi connectivity index (χ1n) is 8.44. The Labute approximate surface area is 146 Å². The first-order chi connectivity index (χ1) is 12.2. The van der Waals surface area contributed by atoms with Gasteiger partial charge < -0.3 is 14.4 Å². The minimum absolute atomic E-state index is 0.126. The van der Waals surface area contributed by atoms with Gasteiger partial charge in [-0.1, -0.05) is 18.2 Å². The number of amides is 1. The van der Waals surface area contributed by atoms with E-state index in [1.165, 1.54) is 18.2 Å². The summed E-state index contributed by atoms with van der Waals surface area (Å²) >= 11 is 0. The van der Waals surface area contributed by atoms with Gasteiger partial charge in [0.1, 0.15) is 5.75 Å². The number of anilines is 1. The molecular formula is C20H19NO4. The van der Waals surface area contributed by atoms with Crippen molar-refractivity contribution in [3.8, 4) is 5.75 Å². The molecule has 0 radical (unpaired) electrons. The maximum atomic E-state index is 13.1. The number of carbonyl (C=O) groups is 2. The standard InChI is InChI=1S/C20H19NO4/c1-24-20(23)18-12-21(16-7-2-3-8-17(16)25-18)19(22)15-10-9-13-5-4-6-14(13)11-15/h2-3,7-11,18H,4-6,12H2,1H3. The van der Waals surface area contributed by atoms with Crippen molar-refractivity contribution in [3.05, 3.63) is 59.2 Å². The predicted molar refractivity (Wildman–Crippen MR) is 93.0 cm³/mol. The van der Waals surface area contributed by atoms with Crippen molar-refractivity contribution < 1.29 is 19.1 Å². The van der Waals surface area contributed by atoms with Crippen molar-refractivity contribution in [2.75, 3.05) is 18.6 Å². The third-order valence-corrected chi connectivity index (χ3v) is 4.83. The molecule has 0 N–H and O–H groups in total. The second kappa shape index (κ2) is 6.24. The molecule has 128 valence electrons. The average Bonchev–Trinajstić information content (AvgIpc) is 3.13. The van der Waals surface area contributed by atoms with Crippen LogP contribution in [0.4, 0.5) is 5.69 Å². The van der Waals surface area contributed by atoms with Gasteiger partial charge in [0.15, 0.2) is 0 Å². The van der Waals surface area contributed by atoms with Crippen LogP contribution >= 0.6 is 0 Å². The number of hydrogen-bond acceptors (Lipinski definition) is 4. The van der Waals surface area contributed by atoms with Crippen molar-refractivity contribution >= 4 is 17.6 Å². The monoisotopic (exact) mass is 337 g/mol. The Morgan fingerprint density at radius 3 is 2.76 bits per heavy atom. The highest BCUT2D eigenvalue weighted by atomic mass is 16.6. The van der Waals surface area contributed by atoms with Gasteiger partial charge in [-0.05, 0) is 54.7 Å². The Bertz CT molecular complexity index is 845. The number of ether oxygens (including phenoxy) is 2. The molecule has 1 aliphatic carbocycles. The lowest BCUT2D eigenvalue weighted by Gasteiger charge is -2.33. The third kappa shape index (κ3) is 2.76. The number of fused-ring (bicyclic) bond motifs is 2. The minimum atomic E-state index is -0.821. The van der Waals surface area contributed by atoms with Crippen LogP contribution in [-0.2, 0) is 22.4 Å². The van der Waals surface area contributed by atoms with Gasteiger partial charge in [-0.2, -0.15) is 0 Å². The van der Waals surface area contributed by atoms with Crippen LogP contribution in [0.2, 0.25) is 0 Å². The normalized spacial score (nSPS) is 18.1. The van der Waals surface area contributed by atoms with Crippen LogP contribution in [0, 0.1) is 0 Å². The fourth-order valence-corrected chi connectivity index (χ4v) is 3.54. The second-order valence-electron chi connectivity index (χ2n) is 6.35. The van der Waals surface area contributed by atoms with Crippen molar-refractivity contribution in [2.24, 2.45) is 0 Å². The molecule has 2 aromatic rings. The Balaban J connectivity index is 1.70. The first kappa shape index (κ1) is 15.7. The van der Waals surface area contributed by atoms with Crippen LogP contribution in [0.15, 0.2) is 42.5 Å². The molecule has 2 aromatic carbocycles. The van der Waals surface area contributed by atoms with Gasteiger partial charge >= 0.3 is 5.97 Å². The van der Waals surface area contributed by atoms with E-state index in [4.69, 9.17) is 9.47 Å². The average molecular weight is 337 g/mol. The van der Waals surface area contributed by atoms with Gasteiger partial charge in [-0.3, -0.25) is 4.79 Å². The Hall–Kier alpha value is -2.82. The number of aryl methyl sites for hydroxylation is 2. The van der Waals surface area contributed by atoms with E-state index in [1.807, 2.05) is 36.4 Å². The van der Waals surface area contributed by atoms with E-state index in [2.05, 4.69) is 0 Å². The van der Waals surface area contributed by atoms with Gasteiger partial charge in [-0.15, -0.1) is 0 Å². The topological polar surface area (TPSA) is 55.8 Å². The number of carbonyl (C=O) groups excluding carboxylic acids is 2. The molecule has 1 amide bonds. The summed E-state index contributed by atoms with van der Waals surface area (Å²) in [5.74, 6) is -0.0979. The van der Waals surface area contributed by atoms with Crippen LogP contribution in [-0.4, -0.2) is 31.6 Å². The van der Waals surface area contributed by atoms with E-state index in [0.29, 0.717) is 17.0 Å². The molecule has 5 heteroatoms. The van der Waals surface area contributed by atoms with Gasteiger partial charge in [0, 0.05) is 5.56 Å². The number of benzene rings is 2. The predicted octanol–water partition coefficient (Wildman–Crippen LogP) is 2.76. The summed E-state index contributed by atoms with van der Waals surface area (Å²) < 4.78 is 10.5. The van der Waals surface area contributed by atoms with Crippen LogP contribution < -0.4 is 9.64 Å². The first-order valence-corrected chi connectivity index (χ1v) is 8.44. The lowest BCUT2D eigenvalue weighted by atomic mass is 10.0. The van der Waals surface area contributed by atoms with Crippen molar-refractivity contribution in [3.63, 3.8) is 0 Å². The van der Waals surface area contributed by atoms with Gasteiger partial charge in [-0.25, -0.2) is 4.79 Å². The quantitative estimate of drug-likeness (QED) is 0.791. The molecule has 1 unspecified atom stereocenters. The maximum Gasteiger partial charge on any atom is 0.348 e. The molecule has 2 aliphatic rings. The van der Waals surface area contributed by atoms with Crippen LogP contribution in [0.25, 0.3) is 0 Å². The number of hydrogen-bond donors (Lipinski definition) is 0. The largest absolute Gasteiger partial charge is 0.475 e. The zero-order valence-corrected chi connectivity index (χ0v) is 14.0. The Kier molecular flexibility index (Phi) is 3.92. The lowest BCUT2D eigenvalue weighted by Crippen LogP contribution is -2.47. The molecule has 0 fully saturated rings. The number of methoxy groups -OCH3 is 1. The van der Waals surface area contributed by atoms with Crippen LogP contribution in [0.1, 0.15) is 27.9 Å². The summed E-state index contributed by atoms with van der Waals surface area (Å²) in [6.45, 7) is 0.138. The second-order valence-corrected chi connectivity index (χ2v) is 6.35. The van der Waals surface area contributed by atoms with Crippen molar-refractivity contribution in [1.29, 1.82) is 0 Å². The van der Waals surface area contributed by atoms with E-state index in [-0.39, 0.29) is 12.5 Å². The van der Waals surface area contributed by atoms with Crippen molar-refractivity contribution in [2.45, 2.75) is 25.4 Å². The van der Waals surface area contributed by atoms with Gasteiger partial charge in [0.25, 0.3) is 5.91 Å². The summed E-state index contributed by atoms with van der Waals surface area (Å²) in [6, 6.07) is 13.1. The molecule has 0 saturated heterocycles. The minimum Gasteiger partial charge on any atom is -0.475 e. The fourth-order valence-electron chi connectivity index (χ4n) is 3.54. The highest BCUT2D eigenvalue weighted by Gasteiger charge is 2.35. The lowest BCUT2D eigenvalue weighted by molar-refractivity contribution is -0.148. The number of rotatable bonds is 2. The number of para-hydroxylation sites is 2. The fraction of sp³-hybridized carbons (Fsp3) is 0.300. The van der Waals surface area contributed by atoms with Crippen LogP contribution in [0.3, 0.4) is 0 Å². The summed E-state index contributed by atoms with van der Waals surface area (Å²) in [7, 11) is 1.32. The Morgan fingerprint density at radius 2 is 1.92 bits per heavy atom. The molecule has 4 rings (SSSR count). The Morgan fingerprint density at radius 1 is 1.12 bits per heavy atom. The SMILES string of the molecule is COC(=O)C1CN(C(=O)c2ccc3c(c2)CCC3)c2ccccc2O1. The molecule has 25 heavy (non-hydrogen) atoms. The zero-order valence-electron chi connectivity index (χ0n) is 14.0. The maximum absolute atomic E-state index is 13.1. The van der Waals surface area contributed by atoms with Gasteiger partial charge in [0.05, 0.1) is 19.3 Å². The molecule has 1 aliphatic heterocycles. The molecule has 0 bridgehead atoms. The van der Waals surface area contributed by atoms with E-state index in [0.717, 1.165) is 19.3 Å².